The summed E-state index contributed by atoms with van der Waals surface area (Å²) in [5.74, 6) is -1.19. The van der Waals surface area contributed by atoms with E-state index in [1.54, 1.807) is 0 Å². The van der Waals surface area contributed by atoms with Crippen LogP contribution in [0.5, 0.6) is 0 Å². The summed E-state index contributed by atoms with van der Waals surface area (Å²) in [4.78, 5) is 0. The fourth-order valence-electron chi connectivity index (χ4n) is 1.60. The molecule has 2 aromatic carbocycles. The van der Waals surface area contributed by atoms with Gasteiger partial charge in [-0.05, 0) is 24.1 Å². The van der Waals surface area contributed by atoms with Crippen molar-refractivity contribution < 1.29 is 8.78 Å². The minimum atomic E-state index is -0.609. The van der Waals surface area contributed by atoms with Gasteiger partial charge in [-0.25, -0.2) is 14.2 Å². The second kappa shape index (κ2) is 6.12. The molecule has 4 heteroatoms. The summed E-state index contributed by atoms with van der Waals surface area (Å²) in [5, 5.41) is 0. The summed E-state index contributed by atoms with van der Waals surface area (Å²) in [6.07, 6.45) is 0.830. The number of hydrogen-bond acceptors (Lipinski definition) is 2. The van der Waals surface area contributed by atoms with Gasteiger partial charge in [-0.2, -0.15) is 0 Å². The van der Waals surface area contributed by atoms with E-state index < -0.39 is 11.6 Å². The molecule has 2 N–H and O–H groups in total. The maximum absolute atomic E-state index is 13.3. The van der Waals surface area contributed by atoms with Gasteiger partial charge in [-0.15, -0.1) is 0 Å². The Kier molecular flexibility index (Phi) is 4.25. The van der Waals surface area contributed by atoms with Gasteiger partial charge in [-0.1, -0.05) is 30.3 Å². The van der Waals surface area contributed by atoms with Crippen molar-refractivity contribution in [3.8, 4) is 0 Å². The van der Waals surface area contributed by atoms with E-state index in [4.69, 9.17) is 0 Å². The number of nitrogens with one attached hydrogen (secondary N) is 2. The average molecular weight is 248 g/mol. The van der Waals surface area contributed by atoms with Crippen LogP contribution < -0.4 is 10.9 Å². The molecule has 0 amide bonds. The first kappa shape index (κ1) is 12.5. The van der Waals surface area contributed by atoms with E-state index in [-0.39, 0.29) is 5.69 Å². The van der Waals surface area contributed by atoms with Gasteiger partial charge in [0.05, 0.1) is 5.69 Å². The molecule has 18 heavy (non-hydrogen) atoms. The third-order valence-electron chi connectivity index (χ3n) is 2.54. The van der Waals surface area contributed by atoms with Crippen molar-refractivity contribution in [2.45, 2.75) is 6.42 Å². The Hall–Kier alpha value is -1.94. The van der Waals surface area contributed by atoms with Gasteiger partial charge in [0.15, 0.2) is 5.82 Å². The second-order valence-corrected chi connectivity index (χ2v) is 3.91. The van der Waals surface area contributed by atoms with Gasteiger partial charge in [0.1, 0.15) is 5.82 Å². The molecule has 0 aliphatic heterocycles. The molecule has 2 rings (SSSR count). The summed E-state index contributed by atoms with van der Waals surface area (Å²) in [6, 6.07) is 13.4. The molecule has 0 aromatic heterocycles. The first-order valence-corrected chi connectivity index (χ1v) is 5.73. The van der Waals surface area contributed by atoms with Crippen LogP contribution in [0.2, 0.25) is 0 Å². The zero-order chi connectivity index (χ0) is 12.8. The number of benzene rings is 2. The first-order chi connectivity index (χ1) is 8.75. The number of hydrazine groups is 1. The van der Waals surface area contributed by atoms with Crippen molar-refractivity contribution in [3.05, 3.63) is 65.7 Å². The van der Waals surface area contributed by atoms with Crippen LogP contribution in [0.1, 0.15) is 5.56 Å². The third kappa shape index (κ3) is 3.53. The molecular weight excluding hydrogens is 234 g/mol. The van der Waals surface area contributed by atoms with Crippen molar-refractivity contribution in [2.24, 2.45) is 0 Å². The van der Waals surface area contributed by atoms with Crippen molar-refractivity contribution in [1.29, 1.82) is 0 Å². The SMILES string of the molecule is Fc1ccc(NNCCc2ccccc2)c(F)c1. The Balaban J connectivity index is 1.79. The van der Waals surface area contributed by atoms with Crippen LogP contribution in [0.15, 0.2) is 48.5 Å². The van der Waals surface area contributed by atoms with Crippen LogP contribution in [0, 0.1) is 11.6 Å². The molecule has 0 saturated heterocycles. The number of rotatable bonds is 5. The average Bonchev–Trinajstić information content (AvgIpc) is 2.38. The number of anilines is 1. The fourth-order valence-corrected chi connectivity index (χ4v) is 1.60. The molecule has 0 aliphatic rings. The number of hydrogen-bond donors (Lipinski definition) is 2. The predicted molar refractivity (Wildman–Crippen MR) is 68.1 cm³/mol. The van der Waals surface area contributed by atoms with Gasteiger partial charge < -0.3 is 5.43 Å². The molecule has 0 atom stereocenters. The van der Waals surface area contributed by atoms with E-state index in [9.17, 15) is 8.78 Å². The molecule has 0 saturated carbocycles. The molecular formula is C14H14F2N2. The predicted octanol–water partition coefficient (Wildman–Crippen LogP) is 3.12. The molecule has 2 nitrogen and oxygen atoms in total. The summed E-state index contributed by atoms with van der Waals surface area (Å²) < 4.78 is 25.9. The normalized spacial score (nSPS) is 10.3. The zero-order valence-electron chi connectivity index (χ0n) is 9.79. The van der Waals surface area contributed by atoms with Gasteiger partial charge in [0.2, 0.25) is 0 Å². The molecule has 0 bridgehead atoms. The quantitative estimate of drug-likeness (QED) is 0.627. The maximum atomic E-state index is 13.3. The Morgan fingerprint density at radius 2 is 1.72 bits per heavy atom. The summed E-state index contributed by atoms with van der Waals surface area (Å²) in [7, 11) is 0. The Morgan fingerprint density at radius 1 is 0.944 bits per heavy atom. The van der Waals surface area contributed by atoms with E-state index in [0.29, 0.717) is 6.54 Å². The van der Waals surface area contributed by atoms with Gasteiger partial charge in [-0.3, -0.25) is 0 Å². The minimum absolute atomic E-state index is 0.240. The van der Waals surface area contributed by atoms with Crippen LogP contribution in [0.4, 0.5) is 14.5 Å². The second-order valence-electron chi connectivity index (χ2n) is 3.91. The largest absolute Gasteiger partial charge is 0.319 e. The lowest BCUT2D eigenvalue weighted by molar-refractivity contribution is 0.583. The highest BCUT2D eigenvalue weighted by molar-refractivity contribution is 5.43. The van der Waals surface area contributed by atoms with Gasteiger partial charge in [0.25, 0.3) is 0 Å². The van der Waals surface area contributed by atoms with E-state index in [0.717, 1.165) is 12.5 Å². The minimum Gasteiger partial charge on any atom is -0.319 e. The van der Waals surface area contributed by atoms with Crippen LogP contribution in [0.25, 0.3) is 0 Å². The highest BCUT2D eigenvalue weighted by atomic mass is 19.1. The van der Waals surface area contributed by atoms with Crippen LogP contribution in [0.3, 0.4) is 0 Å². The molecule has 0 fully saturated rings. The summed E-state index contributed by atoms with van der Waals surface area (Å²) in [5.41, 5.74) is 7.06. The smallest absolute Gasteiger partial charge is 0.150 e. The van der Waals surface area contributed by atoms with Crippen LogP contribution in [-0.4, -0.2) is 6.54 Å². The number of halogens is 2. The van der Waals surface area contributed by atoms with E-state index >= 15 is 0 Å². The van der Waals surface area contributed by atoms with E-state index in [2.05, 4.69) is 10.9 Å². The summed E-state index contributed by atoms with van der Waals surface area (Å²) >= 11 is 0. The standard InChI is InChI=1S/C14H14F2N2/c15-12-6-7-14(13(16)10-12)18-17-9-8-11-4-2-1-3-5-11/h1-7,10,17-18H,8-9H2. The molecule has 0 aliphatic carbocycles. The molecule has 2 aromatic rings. The molecule has 0 radical (unpaired) electrons. The fraction of sp³-hybridized carbons (Fsp3) is 0.143. The third-order valence-corrected chi connectivity index (χ3v) is 2.54. The Bertz CT molecular complexity index is 500. The Morgan fingerprint density at radius 3 is 2.44 bits per heavy atom. The van der Waals surface area contributed by atoms with Crippen molar-refractivity contribution in [1.82, 2.24) is 5.43 Å². The van der Waals surface area contributed by atoms with Crippen molar-refractivity contribution in [2.75, 3.05) is 12.0 Å². The summed E-state index contributed by atoms with van der Waals surface area (Å²) in [6.45, 7) is 0.654. The lowest BCUT2D eigenvalue weighted by Gasteiger charge is -2.09. The lowest BCUT2D eigenvalue weighted by atomic mass is 10.2. The molecule has 0 unspecified atom stereocenters. The zero-order valence-corrected chi connectivity index (χ0v) is 9.79. The Labute approximate surface area is 105 Å². The molecule has 0 spiro atoms. The lowest BCUT2D eigenvalue weighted by Crippen LogP contribution is -2.24. The molecule has 94 valence electrons. The van der Waals surface area contributed by atoms with Crippen molar-refractivity contribution in [3.63, 3.8) is 0 Å². The van der Waals surface area contributed by atoms with Crippen LogP contribution in [-0.2, 0) is 6.42 Å². The monoisotopic (exact) mass is 248 g/mol. The topological polar surface area (TPSA) is 24.1 Å². The van der Waals surface area contributed by atoms with Gasteiger partial charge in [0, 0.05) is 12.6 Å². The molecule has 0 heterocycles. The first-order valence-electron chi connectivity index (χ1n) is 5.73. The van der Waals surface area contributed by atoms with Crippen LogP contribution >= 0.6 is 0 Å². The highest BCUT2D eigenvalue weighted by Gasteiger charge is 2.02. The van der Waals surface area contributed by atoms with Crippen molar-refractivity contribution >= 4 is 5.69 Å². The highest BCUT2D eigenvalue weighted by Crippen LogP contribution is 2.13. The van der Waals surface area contributed by atoms with Gasteiger partial charge >= 0.3 is 0 Å². The maximum Gasteiger partial charge on any atom is 0.150 e. The van der Waals surface area contributed by atoms with E-state index in [1.807, 2.05) is 30.3 Å². The van der Waals surface area contributed by atoms with E-state index in [1.165, 1.54) is 17.7 Å².